The minimum atomic E-state index is -3.64. The third-order valence-corrected chi connectivity index (χ3v) is 3.78. The van der Waals surface area contributed by atoms with E-state index in [4.69, 9.17) is 4.52 Å². The first-order valence-electron chi connectivity index (χ1n) is 4.87. The van der Waals surface area contributed by atoms with Gasteiger partial charge in [0, 0.05) is 16.9 Å². The van der Waals surface area contributed by atoms with E-state index in [9.17, 15) is 8.42 Å². The Bertz CT molecular complexity index is 655. The molecule has 0 aliphatic carbocycles. The Kier molecular flexibility index (Phi) is 3.73. The normalized spacial score (nSPS) is 11.7. The maximum atomic E-state index is 11.9. The molecule has 0 fully saturated rings. The van der Waals surface area contributed by atoms with Crippen molar-refractivity contribution in [1.82, 2.24) is 19.8 Å². The number of pyridine rings is 1. The third kappa shape index (κ3) is 3.12. The molecule has 0 spiro atoms. The fourth-order valence-corrected chi connectivity index (χ4v) is 2.67. The van der Waals surface area contributed by atoms with Gasteiger partial charge in [0.25, 0.3) is 0 Å². The van der Waals surface area contributed by atoms with E-state index in [1.54, 1.807) is 6.92 Å². The second-order valence-electron chi connectivity index (χ2n) is 3.40. The summed E-state index contributed by atoms with van der Waals surface area (Å²) in [6.45, 7) is 1.59. The van der Waals surface area contributed by atoms with Crippen molar-refractivity contribution in [3.63, 3.8) is 0 Å². The first-order valence-corrected chi connectivity index (χ1v) is 7.14. The Morgan fingerprint density at radius 2 is 2.22 bits per heavy atom. The zero-order chi connectivity index (χ0) is 13.2. The number of hydrogen-bond acceptors (Lipinski definition) is 6. The van der Waals surface area contributed by atoms with Crippen LogP contribution < -0.4 is 4.72 Å². The summed E-state index contributed by atoms with van der Waals surface area (Å²) >= 11 is 3.16. The van der Waals surface area contributed by atoms with Gasteiger partial charge in [-0.2, -0.15) is 4.98 Å². The molecule has 0 radical (unpaired) electrons. The van der Waals surface area contributed by atoms with Crippen LogP contribution in [0.2, 0.25) is 0 Å². The van der Waals surface area contributed by atoms with Gasteiger partial charge in [-0.1, -0.05) is 5.16 Å². The molecule has 18 heavy (non-hydrogen) atoms. The van der Waals surface area contributed by atoms with Crippen molar-refractivity contribution in [2.45, 2.75) is 18.4 Å². The van der Waals surface area contributed by atoms with E-state index in [0.29, 0.717) is 10.3 Å². The number of aromatic nitrogens is 3. The zero-order valence-electron chi connectivity index (χ0n) is 9.29. The lowest BCUT2D eigenvalue weighted by atomic mass is 10.5. The summed E-state index contributed by atoms with van der Waals surface area (Å²) in [7, 11) is -3.64. The molecule has 0 bridgehead atoms. The SMILES string of the molecule is Cc1noc(CNS(=O)(=O)c2cncc(Br)c2)n1. The predicted molar refractivity (Wildman–Crippen MR) is 65.0 cm³/mol. The summed E-state index contributed by atoms with van der Waals surface area (Å²) in [6, 6.07) is 1.45. The summed E-state index contributed by atoms with van der Waals surface area (Å²) in [5, 5.41) is 3.56. The van der Waals surface area contributed by atoms with Gasteiger partial charge in [-0.15, -0.1) is 0 Å². The van der Waals surface area contributed by atoms with Gasteiger partial charge in [-0.3, -0.25) is 4.98 Å². The first kappa shape index (κ1) is 13.1. The molecule has 2 heterocycles. The van der Waals surface area contributed by atoms with E-state index in [1.165, 1.54) is 18.5 Å². The van der Waals surface area contributed by atoms with Gasteiger partial charge in [0.2, 0.25) is 15.9 Å². The van der Waals surface area contributed by atoms with Gasteiger partial charge in [-0.05, 0) is 28.9 Å². The van der Waals surface area contributed by atoms with Crippen LogP contribution in [0, 0.1) is 6.92 Å². The zero-order valence-corrected chi connectivity index (χ0v) is 11.7. The van der Waals surface area contributed by atoms with Gasteiger partial charge in [-0.25, -0.2) is 13.1 Å². The number of halogens is 1. The molecule has 2 rings (SSSR count). The highest BCUT2D eigenvalue weighted by Crippen LogP contribution is 2.14. The minimum Gasteiger partial charge on any atom is -0.338 e. The number of aryl methyl sites for hydroxylation is 1. The van der Waals surface area contributed by atoms with E-state index < -0.39 is 10.0 Å². The first-order chi connectivity index (χ1) is 8.47. The summed E-state index contributed by atoms with van der Waals surface area (Å²) < 4.78 is 31.5. The number of hydrogen-bond donors (Lipinski definition) is 1. The molecule has 2 aromatic rings. The highest BCUT2D eigenvalue weighted by molar-refractivity contribution is 9.10. The summed E-state index contributed by atoms with van der Waals surface area (Å²) in [6.07, 6.45) is 2.76. The van der Waals surface area contributed by atoms with Crippen LogP contribution in [0.4, 0.5) is 0 Å². The van der Waals surface area contributed by atoms with Gasteiger partial charge < -0.3 is 4.52 Å². The second-order valence-corrected chi connectivity index (χ2v) is 6.08. The largest absolute Gasteiger partial charge is 0.338 e. The van der Waals surface area contributed by atoms with Gasteiger partial charge >= 0.3 is 0 Å². The standard InChI is InChI=1S/C9H9BrN4O3S/c1-6-13-9(17-14-6)5-12-18(15,16)8-2-7(10)3-11-4-8/h2-4,12H,5H2,1H3. The van der Waals surface area contributed by atoms with E-state index in [1.807, 2.05) is 0 Å². The Balaban J connectivity index is 2.13. The van der Waals surface area contributed by atoms with Crippen LogP contribution in [-0.4, -0.2) is 23.5 Å². The molecule has 0 aromatic carbocycles. The van der Waals surface area contributed by atoms with Gasteiger partial charge in [0.15, 0.2) is 5.82 Å². The fraction of sp³-hybridized carbons (Fsp3) is 0.222. The van der Waals surface area contributed by atoms with E-state index in [2.05, 4.69) is 35.8 Å². The lowest BCUT2D eigenvalue weighted by molar-refractivity contribution is 0.372. The highest BCUT2D eigenvalue weighted by atomic mass is 79.9. The third-order valence-electron chi connectivity index (χ3n) is 1.97. The van der Waals surface area contributed by atoms with Gasteiger partial charge in [0.05, 0.1) is 6.54 Å². The molecule has 2 aromatic heterocycles. The average Bonchev–Trinajstić information content (AvgIpc) is 2.73. The molecule has 0 aliphatic rings. The Morgan fingerprint density at radius 3 is 2.83 bits per heavy atom. The smallest absolute Gasteiger partial charge is 0.242 e. The molecular formula is C9H9BrN4O3S. The lowest BCUT2D eigenvalue weighted by Gasteiger charge is -2.04. The Hall–Kier alpha value is -1.32. The van der Waals surface area contributed by atoms with Crippen molar-refractivity contribution < 1.29 is 12.9 Å². The molecule has 7 nitrogen and oxygen atoms in total. The van der Waals surface area contributed by atoms with E-state index in [0.717, 1.165) is 0 Å². The average molecular weight is 333 g/mol. The molecule has 0 atom stereocenters. The van der Waals surface area contributed by atoms with Crippen molar-refractivity contribution in [3.05, 3.63) is 34.6 Å². The number of sulfonamides is 1. The number of nitrogens with one attached hydrogen (secondary N) is 1. The molecule has 0 saturated carbocycles. The summed E-state index contributed by atoms with van der Waals surface area (Å²) in [4.78, 5) is 7.75. The van der Waals surface area contributed by atoms with Crippen molar-refractivity contribution in [2.75, 3.05) is 0 Å². The monoisotopic (exact) mass is 332 g/mol. The molecule has 0 saturated heterocycles. The molecule has 0 unspecified atom stereocenters. The van der Waals surface area contributed by atoms with Crippen LogP contribution in [-0.2, 0) is 16.6 Å². The van der Waals surface area contributed by atoms with Crippen LogP contribution in [0.5, 0.6) is 0 Å². The fourth-order valence-electron chi connectivity index (χ4n) is 1.19. The molecule has 96 valence electrons. The van der Waals surface area contributed by atoms with Crippen molar-refractivity contribution >= 4 is 26.0 Å². The molecular weight excluding hydrogens is 324 g/mol. The lowest BCUT2D eigenvalue weighted by Crippen LogP contribution is -2.23. The second kappa shape index (κ2) is 5.12. The molecule has 9 heteroatoms. The highest BCUT2D eigenvalue weighted by Gasteiger charge is 2.16. The van der Waals surface area contributed by atoms with E-state index >= 15 is 0 Å². The Labute approximate surface area is 112 Å². The maximum absolute atomic E-state index is 11.9. The van der Waals surface area contributed by atoms with Crippen molar-refractivity contribution in [1.29, 1.82) is 0 Å². The van der Waals surface area contributed by atoms with Crippen molar-refractivity contribution in [3.8, 4) is 0 Å². The summed E-state index contributed by atoms with van der Waals surface area (Å²) in [5.74, 6) is 0.660. The Morgan fingerprint density at radius 1 is 1.44 bits per heavy atom. The molecule has 0 aliphatic heterocycles. The quantitative estimate of drug-likeness (QED) is 0.897. The molecule has 1 N–H and O–H groups in total. The maximum Gasteiger partial charge on any atom is 0.242 e. The van der Waals surface area contributed by atoms with Crippen LogP contribution >= 0.6 is 15.9 Å². The van der Waals surface area contributed by atoms with Crippen LogP contribution in [0.15, 0.2) is 32.4 Å². The minimum absolute atomic E-state index is 0.0598. The van der Waals surface area contributed by atoms with Crippen LogP contribution in [0.3, 0.4) is 0 Å². The summed E-state index contributed by atoms with van der Waals surface area (Å²) in [5.41, 5.74) is 0. The topological polar surface area (TPSA) is 98.0 Å². The number of nitrogens with zero attached hydrogens (tertiary/aromatic N) is 3. The van der Waals surface area contributed by atoms with Crippen LogP contribution in [0.25, 0.3) is 0 Å². The van der Waals surface area contributed by atoms with E-state index in [-0.39, 0.29) is 17.3 Å². The van der Waals surface area contributed by atoms with Crippen molar-refractivity contribution in [2.24, 2.45) is 0 Å². The van der Waals surface area contributed by atoms with Gasteiger partial charge in [0.1, 0.15) is 4.90 Å². The molecule has 0 amide bonds. The predicted octanol–water partition coefficient (Wildman–Crippen LogP) is 1.01. The van der Waals surface area contributed by atoms with Crippen LogP contribution in [0.1, 0.15) is 11.7 Å². The number of rotatable bonds is 4.